The van der Waals surface area contributed by atoms with Gasteiger partial charge in [0.05, 0.1) is 0 Å². The summed E-state index contributed by atoms with van der Waals surface area (Å²) in [5.74, 6) is 1.08. The summed E-state index contributed by atoms with van der Waals surface area (Å²) in [7, 11) is 0. The zero-order valence-corrected chi connectivity index (χ0v) is 20.3. The number of aromatic nitrogens is 2. The average molecular weight is 468 g/mol. The molecule has 7 heteroatoms. The summed E-state index contributed by atoms with van der Waals surface area (Å²) in [4.78, 5) is 21.5. The Hall–Kier alpha value is -4.13. The van der Waals surface area contributed by atoms with Crippen LogP contribution in [0.5, 0.6) is 0 Å². The van der Waals surface area contributed by atoms with E-state index in [9.17, 15) is 4.79 Å². The Morgan fingerprint density at radius 1 is 0.857 bits per heavy atom. The molecule has 1 aliphatic heterocycles. The fourth-order valence-corrected chi connectivity index (χ4v) is 4.22. The molecule has 3 aromatic carbocycles. The van der Waals surface area contributed by atoms with E-state index in [2.05, 4.69) is 45.5 Å². The molecule has 0 spiro atoms. The van der Waals surface area contributed by atoms with Gasteiger partial charge >= 0.3 is 6.03 Å². The van der Waals surface area contributed by atoms with Gasteiger partial charge in [-0.2, -0.15) is 4.98 Å². The molecule has 0 radical (unpaired) electrons. The van der Waals surface area contributed by atoms with E-state index >= 15 is 0 Å². The third-order valence-corrected chi connectivity index (χ3v) is 6.63. The molecule has 4 aromatic rings. The van der Waals surface area contributed by atoms with Gasteiger partial charge in [0.15, 0.2) is 0 Å². The molecule has 0 bridgehead atoms. The van der Waals surface area contributed by atoms with E-state index in [4.69, 9.17) is 4.52 Å². The van der Waals surface area contributed by atoms with Crippen molar-refractivity contribution in [3.8, 4) is 22.8 Å². The first-order chi connectivity index (χ1) is 17.0. The second-order valence-corrected chi connectivity index (χ2v) is 8.99. The number of urea groups is 1. The van der Waals surface area contributed by atoms with Crippen molar-refractivity contribution in [1.29, 1.82) is 0 Å². The first kappa shape index (κ1) is 22.7. The van der Waals surface area contributed by atoms with Crippen molar-refractivity contribution in [1.82, 2.24) is 15.0 Å². The molecule has 1 aliphatic rings. The van der Waals surface area contributed by atoms with Crippen molar-refractivity contribution in [3.63, 3.8) is 0 Å². The van der Waals surface area contributed by atoms with Crippen LogP contribution >= 0.6 is 0 Å². The smallest absolute Gasteiger partial charge is 0.321 e. The van der Waals surface area contributed by atoms with Crippen molar-refractivity contribution in [2.75, 3.05) is 36.4 Å². The van der Waals surface area contributed by atoms with Gasteiger partial charge in [0.1, 0.15) is 0 Å². The van der Waals surface area contributed by atoms with E-state index in [1.54, 1.807) is 0 Å². The van der Waals surface area contributed by atoms with Crippen LogP contribution in [0.2, 0.25) is 0 Å². The van der Waals surface area contributed by atoms with Gasteiger partial charge in [0.2, 0.25) is 5.82 Å². The molecular formula is C28H29N5O2. The van der Waals surface area contributed by atoms with Crippen molar-refractivity contribution < 1.29 is 9.32 Å². The quantitative estimate of drug-likeness (QED) is 0.418. The van der Waals surface area contributed by atoms with E-state index in [1.807, 2.05) is 67.3 Å². The van der Waals surface area contributed by atoms with Crippen LogP contribution in [-0.4, -0.2) is 47.3 Å². The highest BCUT2D eigenvalue weighted by atomic mass is 16.5. The van der Waals surface area contributed by atoms with Gasteiger partial charge in [0.25, 0.3) is 5.89 Å². The number of anilines is 2. The number of piperazine rings is 1. The minimum Gasteiger partial charge on any atom is -0.368 e. The molecular weight excluding hydrogens is 438 g/mol. The van der Waals surface area contributed by atoms with Crippen LogP contribution in [0.25, 0.3) is 22.8 Å². The van der Waals surface area contributed by atoms with E-state index in [-0.39, 0.29) is 6.03 Å². The minimum atomic E-state index is -0.0461. The van der Waals surface area contributed by atoms with E-state index in [0.29, 0.717) is 24.8 Å². The standard InChI is InChI=1S/C28H29N5O2/c1-19-7-9-23(10-8-19)27-30-26(31-35-27)22-11-13-24(14-12-22)32-15-17-33(18-16-32)28(34)29-25-6-4-5-20(2)21(25)3/h4-14H,15-18H2,1-3H3,(H,29,34). The number of carbonyl (C=O) groups is 1. The summed E-state index contributed by atoms with van der Waals surface area (Å²) in [6.45, 7) is 9.03. The summed E-state index contributed by atoms with van der Waals surface area (Å²) in [5.41, 5.74) is 7.26. The van der Waals surface area contributed by atoms with E-state index in [1.165, 1.54) is 11.1 Å². The highest BCUT2D eigenvalue weighted by Gasteiger charge is 2.22. The molecule has 7 nitrogen and oxygen atoms in total. The summed E-state index contributed by atoms with van der Waals surface area (Å²) < 4.78 is 5.47. The fraction of sp³-hybridized carbons (Fsp3) is 0.250. The van der Waals surface area contributed by atoms with Crippen LogP contribution in [0.15, 0.2) is 71.3 Å². The number of benzene rings is 3. The molecule has 1 aromatic heterocycles. The Bertz CT molecular complexity index is 1320. The van der Waals surface area contributed by atoms with Crippen molar-refractivity contribution >= 4 is 17.4 Å². The second kappa shape index (κ2) is 9.62. The lowest BCUT2D eigenvalue weighted by Crippen LogP contribution is -2.50. The summed E-state index contributed by atoms with van der Waals surface area (Å²) in [6, 6.07) is 22.1. The lowest BCUT2D eigenvalue weighted by Gasteiger charge is -2.36. The molecule has 2 heterocycles. The fourth-order valence-electron chi connectivity index (χ4n) is 4.22. The summed E-state index contributed by atoms with van der Waals surface area (Å²) in [6.07, 6.45) is 0. The van der Waals surface area contributed by atoms with Gasteiger partial charge in [0, 0.05) is 48.7 Å². The molecule has 0 unspecified atom stereocenters. The van der Waals surface area contributed by atoms with E-state index in [0.717, 1.165) is 41.2 Å². The largest absolute Gasteiger partial charge is 0.368 e. The lowest BCUT2D eigenvalue weighted by molar-refractivity contribution is 0.208. The van der Waals surface area contributed by atoms with Gasteiger partial charge in [-0.3, -0.25) is 0 Å². The third kappa shape index (κ3) is 4.89. The Morgan fingerprint density at radius 3 is 2.26 bits per heavy atom. The number of hydrogen-bond acceptors (Lipinski definition) is 5. The van der Waals surface area contributed by atoms with Crippen LogP contribution in [0.1, 0.15) is 16.7 Å². The molecule has 178 valence electrons. The van der Waals surface area contributed by atoms with Crippen LogP contribution in [-0.2, 0) is 0 Å². The molecule has 1 saturated heterocycles. The van der Waals surface area contributed by atoms with Gasteiger partial charge in [-0.15, -0.1) is 0 Å². The Balaban J connectivity index is 1.19. The van der Waals surface area contributed by atoms with Crippen LogP contribution < -0.4 is 10.2 Å². The number of aryl methyl sites for hydroxylation is 2. The maximum atomic E-state index is 12.8. The molecule has 0 aliphatic carbocycles. The highest BCUT2D eigenvalue weighted by molar-refractivity contribution is 5.90. The van der Waals surface area contributed by atoms with Gasteiger partial charge in [-0.25, -0.2) is 4.79 Å². The molecule has 5 rings (SSSR count). The monoisotopic (exact) mass is 467 g/mol. The number of nitrogens with zero attached hydrogens (tertiary/aromatic N) is 4. The van der Waals surface area contributed by atoms with Crippen molar-refractivity contribution in [2.45, 2.75) is 20.8 Å². The normalized spacial score (nSPS) is 13.7. The maximum Gasteiger partial charge on any atom is 0.321 e. The minimum absolute atomic E-state index is 0.0461. The predicted molar refractivity (Wildman–Crippen MR) is 139 cm³/mol. The summed E-state index contributed by atoms with van der Waals surface area (Å²) >= 11 is 0. The van der Waals surface area contributed by atoms with Gasteiger partial charge in [-0.1, -0.05) is 35.0 Å². The number of rotatable bonds is 4. The molecule has 35 heavy (non-hydrogen) atoms. The molecule has 2 amide bonds. The molecule has 1 fully saturated rings. The first-order valence-corrected chi connectivity index (χ1v) is 11.9. The topological polar surface area (TPSA) is 74.5 Å². The summed E-state index contributed by atoms with van der Waals surface area (Å²) in [5, 5.41) is 7.21. The lowest BCUT2D eigenvalue weighted by atomic mass is 10.1. The zero-order valence-electron chi connectivity index (χ0n) is 20.3. The van der Waals surface area contributed by atoms with Gasteiger partial charge in [-0.05, 0) is 74.4 Å². The van der Waals surface area contributed by atoms with Crippen molar-refractivity contribution in [3.05, 3.63) is 83.4 Å². The first-order valence-electron chi connectivity index (χ1n) is 11.9. The van der Waals surface area contributed by atoms with Crippen molar-refractivity contribution in [2.24, 2.45) is 0 Å². The van der Waals surface area contributed by atoms with Crippen LogP contribution in [0.3, 0.4) is 0 Å². The second-order valence-electron chi connectivity index (χ2n) is 8.99. The Labute approximate surface area is 205 Å². The highest BCUT2D eigenvalue weighted by Crippen LogP contribution is 2.25. The molecule has 0 saturated carbocycles. The zero-order chi connectivity index (χ0) is 24.4. The Morgan fingerprint density at radius 2 is 1.54 bits per heavy atom. The van der Waals surface area contributed by atoms with E-state index < -0.39 is 0 Å². The number of nitrogens with one attached hydrogen (secondary N) is 1. The SMILES string of the molecule is Cc1ccc(-c2nc(-c3ccc(N4CCN(C(=O)Nc5cccc(C)c5C)CC4)cc3)no2)cc1. The van der Waals surface area contributed by atoms with Crippen LogP contribution in [0.4, 0.5) is 16.2 Å². The maximum absolute atomic E-state index is 12.8. The number of carbonyl (C=O) groups excluding carboxylic acids is 1. The average Bonchev–Trinajstić information content (AvgIpc) is 3.38. The number of hydrogen-bond donors (Lipinski definition) is 1. The van der Waals surface area contributed by atoms with Crippen LogP contribution in [0, 0.1) is 20.8 Å². The Kier molecular flexibility index (Phi) is 6.23. The van der Waals surface area contributed by atoms with Gasteiger partial charge < -0.3 is 19.6 Å². The number of amides is 2. The molecule has 0 atom stereocenters. The predicted octanol–water partition coefficient (Wildman–Crippen LogP) is 5.68. The molecule has 1 N–H and O–H groups in total. The third-order valence-electron chi connectivity index (χ3n) is 6.63.